The average molecular weight is 290 g/mol. The number of ether oxygens (including phenoxy) is 2. The van der Waals surface area contributed by atoms with Crippen LogP contribution in [-0.4, -0.2) is 25.2 Å². The predicted molar refractivity (Wildman–Crippen MR) is 75.0 cm³/mol. The van der Waals surface area contributed by atoms with Gasteiger partial charge in [-0.25, -0.2) is 4.79 Å². The van der Waals surface area contributed by atoms with Crippen LogP contribution >= 0.6 is 0 Å². The van der Waals surface area contributed by atoms with E-state index in [0.29, 0.717) is 29.6 Å². The molecule has 0 heterocycles. The summed E-state index contributed by atoms with van der Waals surface area (Å²) in [4.78, 5) is 23.5. The van der Waals surface area contributed by atoms with Crippen LogP contribution in [0.15, 0.2) is 12.7 Å². The zero-order valence-corrected chi connectivity index (χ0v) is 12.4. The lowest BCUT2D eigenvalue weighted by molar-refractivity contribution is -0.153. The Hall–Kier alpha value is -1.32. The summed E-state index contributed by atoms with van der Waals surface area (Å²) >= 11 is 0. The first-order valence-electron chi connectivity index (χ1n) is 8.05. The van der Waals surface area contributed by atoms with Crippen molar-refractivity contribution in [3.05, 3.63) is 12.7 Å². The van der Waals surface area contributed by atoms with E-state index in [4.69, 9.17) is 9.47 Å². The molecule has 0 spiro atoms. The molecule has 114 valence electrons. The van der Waals surface area contributed by atoms with E-state index < -0.39 is 0 Å². The molecule has 0 aromatic heterocycles. The molecule has 4 nitrogen and oxygen atoms in total. The van der Waals surface area contributed by atoms with Crippen LogP contribution in [0.2, 0.25) is 0 Å². The van der Waals surface area contributed by atoms with Crippen LogP contribution in [0.25, 0.3) is 0 Å². The van der Waals surface area contributed by atoms with E-state index in [2.05, 4.69) is 6.58 Å². The monoisotopic (exact) mass is 290 g/mol. The highest BCUT2D eigenvalue weighted by Gasteiger charge is 2.66. The van der Waals surface area contributed by atoms with E-state index in [-0.39, 0.29) is 24.0 Å². The maximum atomic E-state index is 12.0. The first-order valence-corrected chi connectivity index (χ1v) is 8.05. The van der Waals surface area contributed by atoms with Gasteiger partial charge >= 0.3 is 11.9 Å². The predicted octanol–water partition coefficient (Wildman–Crippen LogP) is 2.19. The molecule has 21 heavy (non-hydrogen) atoms. The Bertz CT molecular complexity index is 499. The minimum Gasteiger partial charge on any atom is -0.469 e. The van der Waals surface area contributed by atoms with Crippen molar-refractivity contribution in [3.8, 4) is 0 Å². The summed E-state index contributed by atoms with van der Waals surface area (Å²) < 4.78 is 10.5. The van der Waals surface area contributed by atoms with Gasteiger partial charge in [-0.15, -0.1) is 0 Å². The summed E-state index contributed by atoms with van der Waals surface area (Å²) in [6.07, 6.45) is 5.66. The van der Waals surface area contributed by atoms with Crippen LogP contribution in [0.3, 0.4) is 0 Å². The van der Waals surface area contributed by atoms with Gasteiger partial charge in [0, 0.05) is 6.08 Å². The van der Waals surface area contributed by atoms with Crippen molar-refractivity contribution in [3.63, 3.8) is 0 Å². The van der Waals surface area contributed by atoms with Crippen molar-refractivity contribution in [2.45, 2.75) is 31.8 Å². The molecule has 0 aromatic carbocycles. The SMILES string of the molecule is C=CC(=O)OC1C[C@H]2C[C@@H]1C1C3C[C@@H](CC3C(=O)OC)C12. The van der Waals surface area contributed by atoms with Crippen molar-refractivity contribution < 1.29 is 19.1 Å². The van der Waals surface area contributed by atoms with E-state index in [1.807, 2.05) is 0 Å². The Kier molecular flexibility index (Phi) is 2.92. The first-order chi connectivity index (χ1) is 10.1. The largest absolute Gasteiger partial charge is 0.469 e. The number of esters is 2. The maximum Gasteiger partial charge on any atom is 0.330 e. The Labute approximate surface area is 124 Å². The van der Waals surface area contributed by atoms with Gasteiger partial charge in [0.2, 0.25) is 0 Å². The van der Waals surface area contributed by atoms with Crippen molar-refractivity contribution in [1.82, 2.24) is 0 Å². The third kappa shape index (κ3) is 1.74. The van der Waals surface area contributed by atoms with E-state index in [9.17, 15) is 9.59 Å². The van der Waals surface area contributed by atoms with Crippen LogP contribution in [0.1, 0.15) is 25.7 Å². The zero-order chi connectivity index (χ0) is 14.7. The smallest absolute Gasteiger partial charge is 0.330 e. The van der Waals surface area contributed by atoms with E-state index >= 15 is 0 Å². The van der Waals surface area contributed by atoms with Crippen molar-refractivity contribution in [2.24, 2.45) is 41.4 Å². The molecule has 4 fully saturated rings. The molecule has 0 N–H and O–H groups in total. The number of carbonyl (C=O) groups excluding carboxylic acids is 2. The molecule has 4 aliphatic rings. The molecule has 0 aromatic rings. The van der Waals surface area contributed by atoms with Gasteiger partial charge in [0.05, 0.1) is 13.0 Å². The minimum atomic E-state index is -0.309. The minimum absolute atomic E-state index is 0.0386. The van der Waals surface area contributed by atoms with E-state index in [0.717, 1.165) is 18.8 Å². The fraction of sp³-hybridized carbons (Fsp3) is 0.765. The van der Waals surface area contributed by atoms with Gasteiger partial charge in [-0.1, -0.05) is 6.58 Å². The molecule has 4 aliphatic carbocycles. The molecule has 4 rings (SSSR count). The quantitative estimate of drug-likeness (QED) is 0.454. The van der Waals surface area contributed by atoms with Crippen molar-refractivity contribution in [1.29, 1.82) is 0 Å². The molecule has 4 heteroatoms. The molecular formula is C17H22O4. The Morgan fingerprint density at radius 1 is 1.05 bits per heavy atom. The number of methoxy groups -OCH3 is 1. The lowest BCUT2D eigenvalue weighted by Gasteiger charge is -2.40. The Morgan fingerprint density at radius 3 is 2.48 bits per heavy atom. The van der Waals surface area contributed by atoms with Crippen LogP contribution in [0.5, 0.6) is 0 Å². The second-order valence-electron chi connectivity index (χ2n) is 7.25. The number of rotatable bonds is 3. The lowest BCUT2D eigenvalue weighted by Crippen LogP contribution is -2.41. The lowest BCUT2D eigenvalue weighted by atomic mass is 9.67. The third-order valence-corrected chi connectivity index (χ3v) is 6.70. The van der Waals surface area contributed by atoms with Crippen LogP contribution < -0.4 is 0 Å². The molecular weight excluding hydrogens is 268 g/mol. The second kappa shape index (κ2) is 4.59. The normalized spacial score (nSPS) is 49.0. The number of carbonyl (C=O) groups is 2. The van der Waals surface area contributed by atoms with Crippen molar-refractivity contribution >= 4 is 11.9 Å². The summed E-state index contributed by atoms with van der Waals surface area (Å²) in [6, 6.07) is 0. The third-order valence-electron chi connectivity index (χ3n) is 6.70. The van der Waals surface area contributed by atoms with E-state index in [1.165, 1.54) is 26.0 Å². The number of hydrogen-bond donors (Lipinski definition) is 0. The number of fused-ring (bicyclic) bond motifs is 9. The topological polar surface area (TPSA) is 52.6 Å². The highest BCUT2D eigenvalue weighted by atomic mass is 16.5. The molecule has 0 aliphatic heterocycles. The summed E-state index contributed by atoms with van der Waals surface area (Å²) in [5, 5.41) is 0. The summed E-state index contributed by atoms with van der Waals surface area (Å²) in [5.41, 5.74) is 0. The molecule has 8 atom stereocenters. The molecule has 0 saturated heterocycles. The molecule has 5 unspecified atom stereocenters. The Morgan fingerprint density at radius 2 is 1.76 bits per heavy atom. The second-order valence-corrected chi connectivity index (χ2v) is 7.25. The van der Waals surface area contributed by atoms with Gasteiger partial charge in [-0.2, -0.15) is 0 Å². The molecule has 0 amide bonds. The molecule has 4 saturated carbocycles. The van der Waals surface area contributed by atoms with Crippen LogP contribution in [0, 0.1) is 41.4 Å². The fourth-order valence-electron chi connectivity index (χ4n) is 6.30. The summed E-state index contributed by atoms with van der Waals surface area (Å²) in [6.45, 7) is 3.48. The maximum absolute atomic E-state index is 12.0. The highest BCUT2D eigenvalue weighted by Crippen LogP contribution is 2.69. The standard InChI is InChI=1S/C17H22O4/c1-3-14(18)21-13-7-9-6-12(13)16-10-4-8(15(9)16)5-11(10)17(19)20-2/h3,8-13,15-16H,1,4-7H2,2H3/t8-,9+,10?,11?,12-,13?,15?,16?/m0/s1. The average Bonchev–Trinajstić information content (AvgIpc) is 3.22. The van der Waals surface area contributed by atoms with Crippen LogP contribution in [0.4, 0.5) is 0 Å². The van der Waals surface area contributed by atoms with Gasteiger partial charge in [-0.05, 0) is 61.2 Å². The van der Waals surface area contributed by atoms with Gasteiger partial charge in [-0.3, -0.25) is 4.79 Å². The summed E-state index contributed by atoms with van der Waals surface area (Å²) in [5.74, 6) is 3.34. The van der Waals surface area contributed by atoms with Gasteiger partial charge < -0.3 is 9.47 Å². The highest BCUT2D eigenvalue weighted by molar-refractivity contribution is 5.81. The fourth-order valence-corrected chi connectivity index (χ4v) is 6.30. The van der Waals surface area contributed by atoms with Gasteiger partial charge in [0.1, 0.15) is 6.10 Å². The van der Waals surface area contributed by atoms with Gasteiger partial charge in [0.25, 0.3) is 0 Å². The zero-order valence-electron chi connectivity index (χ0n) is 12.4. The van der Waals surface area contributed by atoms with Crippen molar-refractivity contribution in [2.75, 3.05) is 7.11 Å². The van der Waals surface area contributed by atoms with E-state index in [1.54, 1.807) is 0 Å². The Balaban J connectivity index is 1.54. The summed E-state index contributed by atoms with van der Waals surface area (Å²) in [7, 11) is 1.49. The molecule has 4 bridgehead atoms. The van der Waals surface area contributed by atoms with Gasteiger partial charge in [0.15, 0.2) is 0 Å². The molecule has 0 radical (unpaired) electrons. The first kappa shape index (κ1) is 13.4. The van der Waals surface area contributed by atoms with Crippen LogP contribution in [-0.2, 0) is 19.1 Å². The number of hydrogen-bond acceptors (Lipinski definition) is 4.